The summed E-state index contributed by atoms with van der Waals surface area (Å²) in [5.41, 5.74) is 2.09. The first kappa shape index (κ1) is 15.9. The zero-order valence-corrected chi connectivity index (χ0v) is 12.9. The van der Waals surface area contributed by atoms with Gasteiger partial charge < -0.3 is 19.8 Å². The third-order valence-electron chi connectivity index (χ3n) is 3.67. The van der Waals surface area contributed by atoms with Gasteiger partial charge in [-0.05, 0) is 37.6 Å². The number of rotatable bonds is 2. The predicted molar refractivity (Wildman–Crippen MR) is 84.6 cm³/mol. The van der Waals surface area contributed by atoms with Gasteiger partial charge in [0.2, 0.25) is 6.79 Å². The normalized spacial score (nSPS) is 19.0. The van der Waals surface area contributed by atoms with Crippen molar-refractivity contribution in [1.82, 2.24) is 15.3 Å². The standard InChI is InChI=1S/C14H15N3O2.2ClH/c1-2-10(15-5-1)14-16-7-11(17-14)9-3-4-12-13(6-9)19-8-18-12;;/h3-4,6-7,10,15H,1-2,5,8H2,(H,16,17);2*1H. The smallest absolute Gasteiger partial charge is 0.231 e. The van der Waals surface area contributed by atoms with Crippen LogP contribution in [-0.4, -0.2) is 23.3 Å². The zero-order valence-electron chi connectivity index (χ0n) is 11.3. The minimum Gasteiger partial charge on any atom is -0.454 e. The van der Waals surface area contributed by atoms with E-state index in [-0.39, 0.29) is 24.8 Å². The lowest BCUT2D eigenvalue weighted by Crippen LogP contribution is -2.14. The Labute approximate surface area is 135 Å². The van der Waals surface area contributed by atoms with Crippen LogP contribution in [0.5, 0.6) is 11.5 Å². The maximum Gasteiger partial charge on any atom is 0.231 e. The molecule has 0 radical (unpaired) electrons. The Morgan fingerprint density at radius 2 is 2.00 bits per heavy atom. The number of H-pyrrole nitrogens is 1. The van der Waals surface area contributed by atoms with Crippen LogP contribution in [0.4, 0.5) is 0 Å². The quantitative estimate of drug-likeness (QED) is 0.888. The van der Waals surface area contributed by atoms with E-state index < -0.39 is 0 Å². The molecule has 2 aromatic rings. The largest absolute Gasteiger partial charge is 0.454 e. The van der Waals surface area contributed by atoms with Gasteiger partial charge in [0.1, 0.15) is 5.82 Å². The highest BCUT2D eigenvalue weighted by Crippen LogP contribution is 2.35. The lowest BCUT2D eigenvalue weighted by atomic mass is 10.1. The van der Waals surface area contributed by atoms with Gasteiger partial charge in [0, 0.05) is 5.56 Å². The monoisotopic (exact) mass is 329 g/mol. The third-order valence-corrected chi connectivity index (χ3v) is 3.67. The van der Waals surface area contributed by atoms with Gasteiger partial charge in [-0.25, -0.2) is 4.98 Å². The number of nitrogens with zero attached hydrogens (tertiary/aromatic N) is 1. The molecule has 1 saturated heterocycles. The summed E-state index contributed by atoms with van der Waals surface area (Å²) >= 11 is 0. The molecule has 7 heteroatoms. The van der Waals surface area contributed by atoms with Gasteiger partial charge in [-0.1, -0.05) is 0 Å². The van der Waals surface area contributed by atoms with Crippen molar-refractivity contribution in [2.45, 2.75) is 18.9 Å². The van der Waals surface area contributed by atoms with Crippen molar-refractivity contribution in [2.24, 2.45) is 0 Å². The van der Waals surface area contributed by atoms with Crippen molar-refractivity contribution in [3.63, 3.8) is 0 Å². The molecule has 1 aromatic carbocycles. The first-order chi connectivity index (χ1) is 9.40. The zero-order chi connectivity index (χ0) is 12.7. The van der Waals surface area contributed by atoms with E-state index >= 15 is 0 Å². The number of aromatic amines is 1. The molecule has 1 fully saturated rings. The summed E-state index contributed by atoms with van der Waals surface area (Å²) in [7, 11) is 0. The molecule has 21 heavy (non-hydrogen) atoms. The Morgan fingerprint density at radius 1 is 1.14 bits per heavy atom. The number of benzene rings is 1. The van der Waals surface area contributed by atoms with Crippen LogP contribution < -0.4 is 14.8 Å². The summed E-state index contributed by atoms with van der Waals surface area (Å²) in [6.07, 6.45) is 4.24. The molecule has 0 bridgehead atoms. The van der Waals surface area contributed by atoms with Crippen molar-refractivity contribution in [1.29, 1.82) is 0 Å². The second-order valence-electron chi connectivity index (χ2n) is 4.90. The summed E-state index contributed by atoms with van der Waals surface area (Å²) < 4.78 is 10.7. The molecule has 2 aliphatic heterocycles. The fourth-order valence-corrected chi connectivity index (χ4v) is 2.64. The van der Waals surface area contributed by atoms with Crippen LogP contribution in [0.15, 0.2) is 24.4 Å². The molecule has 4 rings (SSSR count). The molecule has 0 spiro atoms. The second-order valence-corrected chi connectivity index (χ2v) is 4.90. The van der Waals surface area contributed by atoms with Crippen LogP contribution in [0, 0.1) is 0 Å². The third kappa shape index (κ3) is 2.95. The van der Waals surface area contributed by atoms with E-state index in [1.165, 1.54) is 6.42 Å². The Kier molecular flexibility index (Phi) is 4.98. The van der Waals surface area contributed by atoms with Crippen LogP contribution in [0.25, 0.3) is 11.3 Å². The van der Waals surface area contributed by atoms with E-state index in [9.17, 15) is 0 Å². The van der Waals surface area contributed by atoms with E-state index in [1.807, 2.05) is 24.4 Å². The molecule has 1 atom stereocenters. The Morgan fingerprint density at radius 3 is 2.81 bits per heavy atom. The molecule has 114 valence electrons. The minimum absolute atomic E-state index is 0. The molecule has 3 heterocycles. The SMILES string of the molecule is Cl.Cl.c1cc2c(cc1-c1cnc(C3CCCN3)[nH]1)OCO2. The first-order valence-corrected chi connectivity index (χ1v) is 6.58. The van der Waals surface area contributed by atoms with Crippen LogP contribution >= 0.6 is 24.8 Å². The van der Waals surface area contributed by atoms with Crippen LogP contribution in [-0.2, 0) is 0 Å². The fourth-order valence-electron chi connectivity index (χ4n) is 2.64. The van der Waals surface area contributed by atoms with Crippen molar-refractivity contribution >= 4 is 24.8 Å². The van der Waals surface area contributed by atoms with Gasteiger partial charge in [0.05, 0.1) is 17.9 Å². The van der Waals surface area contributed by atoms with E-state index in [4.69, 9.17) is 9.47 Å². The van der Waals surface area contributed by atoms with Gasteiger partial charge in [-0.15, -0.1) is 24.8 Å². The molecule has 1 unspecified atom stereocenters. The van der Waals surface area contributed by atoms with Gasteiger partial charge >= 0.3 is 0 Å². The van der Waals surface area contributed by atoms with Gasteiger partial charge in [-0.3, -0.25) is 0 Å². The summed E-state index contributed by atoms with van der Waals surface area (Å²) in [5.74, 6) is 2.62. The van der Waals surface area contributed by atoms with Crippen molar-refractivity contribution in [2.75, 3.05) is 13.3 Å². The summed E-state index contributed by atoms with van der Waals surface area (Å²) in [6.45, 7) is 1.38. The maximum absolute atomic E-state index is 5.40. The number of nitrogens with one attached hydrogen (secondary N) is 2. The minimum atomic E-state index is 0. The summed E-state index contributed by atoms with van der Waals surface area (Å²) in [5, 5.41) is 3.44. The van der Waals surface area contributed by atoms with E-state index in [0.29, 0.717) is 12.8 Å². The van der Waals surface area contributed by atoms with Crippen LogP contribution in [0.3, 0.4) is 0 Å². The molecule has 5 nitrogen and oxygen atoms in total. The number of ether oxygens (including phenoxy) is 2. The van der Waals surface area contributed by atoms with Crippen LogP contribution in [0.2, 0.25) is 0 Å². The molecule has 0 aliphatic carbocycles. The highest BCUT2D eigenvalue weighted by molar-refractivity contribution is 5.85. The Bertz CT molecular complexity index is 612. The Balaban J connectivity index is 0.000000807. The second kappa shape index (κ2) is 6.56. The molecule has 0 saturated carbocycles. The lowest BCUT2D eigenvalue weighted by molar-refractivity contribution is 0.174. The van der Waals surface area contributed by atoms with E-state index in [1.54, 1.807) is 0 Å². The van der Waals surface area contributed by atoms with E-state index in [0.717, 1.165) is 41.5 Å². The number of hydrogen-bond acceptors (Lipinski definition) is 4. The van der Waals surface area contributed by atoms with Gasteiger partial charge in [-0.2, -0.15) is 0 Å². The highest BCUT2D eigenvalue weighted by Gasteiger charge is 2.20. The predicted octanol–water partition coefficient (Wildman–Crippen LogP) is 3.07. The molecule has 0 amide bonds. The molecular weight excluding hydrogens is 313 g/mol. The number of fused-ring (bicyclic) bond motifs is 1. The topological polar surface area (TPSA) is 59.2 Å². The number of imidazole rings is 1. The molecular formula is C14H17Cl2N3O2. The number of hydrogen-bond donors (Lipinski definition) is 2. The average Bonchev–Trinajstić information content (AvgIpc) is 3.18. The highest BCUT2D eigenvalue weighted by atomic mass is 35.5. The molecule has 2 N–H and O–H groups in total. The molecule has 2 aliphatic rings. The summed E-state index contributed by atoms with van der Waals surface area (Å²) in [4.78, 5) is 7.87. The number of halogens is 2. The number of aromatic nitrogens is 2. The van der Waals surface area contributed by atoms with E-state index in [2.05, 4.69) is 15.3 Å². The Hall–Kier alpha value is -1.43. The van der Waals surface area contributed by atoms with Gasteiger partial charge in [0.25, 0.3) is 0 Å². The van der Waals surface area contributed by atoms with Crippen molar-refractivity contribution in [3.05, 3.63) is 30.2 Å². The van der Waals surface area contributed by atoms with Gasteiger partial charge in [0.15, 0.2) is 11.5 Å². The van der Waals surface area contributed by atoms with Crippen molar-refractivity contribution < 1.29 is 9.47 Å². The van der Waals surface area contributed by atoms with Crippen molar-refractivity contribution in [3.8, 4) is 22.8 Å². The first-order valence-electron chi connectivity index (χ1n) is 6.58. The fraction of sp³-hybridized carbons (Fsp3) is 0.357. The summed E-state index contributed by atoms with van der Waals surface area (Å²) in [6, 6.07) is 6.31. The lowest BCUT2D eigenvalue weighted by Gasteiger charge is -2.05. The van der Waals surface area contributed by atoms with Crippen LogP contribution in [0.1, 0.15) is 24.7 Å². The molecule has 1 aromatic heterocycles. The average molecular weight is 330 g/mol. The maximum atomic E-state index is 5.40.